The zero-order valence-corrected chi connectivity index (χ0v) is 14.9. The third-order valence-electron chi connectivity index (χ3n) is 5.41. The summed E-state index contributed by atoms with van der Waals surface area (Å²) in [5.74, 6) is 0. The molecule has 128 valence electrons. The van der Waals surface area contributed by atoms with E-state index in [1.54, 1.807) is 0 Å². The van der Waals surface area contributed by atoms with Gasteiger partial charge in [-0.15, -0.1) is 12.4 Å². The van der Waals surface area contributed by atoms with Crippen LogP contribution in [-0.2, 0) is 0 Å². The van der Waals surface area contributed by atoms with Gasteiger partial charge >= 0.3 is 0 Å². The molecule has 1 aromatic heterocycles. The summed E-state index contributed by atoms with van der Waals surface area (Å²) in [5.41, 5.74) is 13.1. The van der Waals surface area contributed by atoms with Crippen LogP contribution >= 0.6 is 12.4 Å². The van der Waals surface area contributed by atoms with Gasteiger partial charge in [-0.05, 0) is 55.0 Å². The molecule has 1 atom stereocenters. The minimum atomic E-state index is 0. The smallest absolute Gasteiger partial charge is 0.0702 e. The molecule has 4 heteroatoms. The summed E-state index contributed by atoms with van der Waals surface area (Å²) >= 11 is 0. The minimum Gasteiger partial charge on any atom is -0.320 e. The summed E-state index contributed by atoms with van der Waals surface area (Å²) in [6.45, 7) is 0. The molecule has 0 spiro atoms. The second kappa shape index (κ2) is 6.25. The van der Waals surface area contributed by atoms with Gasteiger partial charge in [0.2, 0.25) is 0 Å². The number of nitrogens with zero attached hydrogens (tertiary/aromatic N) is 2. The maximum Gasteiger partial charge on any atom is 0.0702 e. The van der Waals surface area contributed by atoms with E-state index in [2.05, 4.69) is 70.5 Å². The first kappa shape index (κ1) is 16.2. The Morgan fingerprint density at radius 3 is 2.56 bits per heavy atom. The zero-order chi connectivity index (χ0) is 16.1. The predicted molar refractivity (Wildman–Crippen MR) is 106 cm³/mol. The van der Waals surface area contributed by atoms with Crippen LogP contribution in [0.25, 0.3) is 10.9 Å². The fraction of sp³-hybridized carbons (Fsp3) is 0.238. The first-order valence-electron chi connectivity index (χ1n) is 8.77. The molecular weight excluding hydrogens is 330 g/mol. The summed E-state index contributed by atoms with van der Waals surface area (Å²) in [6.07, 6.45) is 6.88. The number of para-hydroxylation sites is 2. The Balaban J connectivity index is 0.00000157. The first-order chi connectivity index (χ1) is 11.8. The van der Waals surface area contributed by atoms with Gasteiger partial charge < -0.3 is 5.73 Å². The van der Waals surface area contributed by atoms with Crippen molar-refractivity contribution in [3.63, 3.8) is 0 Å². The molecule has 0 fully saturated rings. The number of anilines is 1. The molecule has 0 radical (unpaired) electrons. The Bertz CT molecular complexity index is 956. The van der Waals surface area contributed by atoms with E-state index in [-0.39, 0.29) is 18.4 Å². The van der Waals surface area contributed by atoms with Gasteiger partial charge in [-0.25, -0.2) is 0 Å². The van der Waals surface area contributed by atoms with Crippen molar-refractivity contribution in [2.45, 2.75) is 31.7 Å². The summed E-state index contributed by atoms with van der Waals surface area (Å²) in [7, 11) is 0. The molecule has 2 aromatic carbocycles. The second-order valence-corrected chi connectivity index (χ2v) is 6.75. The number of hydrogen-bond acceptors (Lipinski definition) is 2. The highest BCUT2D eigenvalue weighted by molar-refractivity contribution is 5.85. The van der Waals surface area contributed by atoms with E-state index < -0.39 is 0 Å². The van der Waals surface area contributed by atoms with E-state index in [1.807, 2.05) is 0 Å². The fourth-order valence-electron chi connectivity index (χ4n) is 4.26. The largest absolute Gasteiger partial charge is 0.320 e. The molecule has 0 saturated heterocycles. The lowest BCUT2D eigenvalue weighted by Crippen LogP contribution is -2.37. The highest BCUT2D eigenvalue weighted by Crippen LogP contribution is 2.44. The van der Waals surface area contributed by atoms with E-state index in [1.165, 1.54) is 46.3 Å². The molecule has 0 bridgehead atoms. The van der Waals surface area contributed by atoms with Gasteiger partial charge in [0.25, 0.3) is 0 Å². The second-order valence-electron chi connectivity index (χ2n) is 6.75. The number of benzene rings is 2. The highest BCUT2D eigenvalue weighted by Gasteiger charge is 2.32. The Morgan fingerprint density at radius 2 is 1.64 bits per heavy atom. The fourth-order valence-corrected chi connectivity index (χ4v) is 4.26. The van der Waals surface area contributed by atoms with Gasteiger partial charge in [0.05, 0.1) is 17.2 Å². The Morgan fingerprint density at radius 1 is 0.880 bits per heavy atom. The van der Waals surface area contributed by atoms with Crippen LogP contribution in [0.15, 0.2) is 72.1 Å². The molecule has 2 aliphatic rings. The van der Waals surface area contributed by atoms with Crippen LogP contribution in [0, 0.1) is 0 Å². The summed E-state index contributed by atoms with van der Waals surface area (Å²) in [6, 6.07) is 19.4. The molecule has 2 heterocycles. The van der Waals surface area contributed by atoms with E-state index >= 15 is 0 Å². The number of fused-ring (bicyclic) bond motifs is 2. The standard InChI is InChI=1S/C21H21N3.ClH/c22-21-16-8-2-5-11-19(16)24(20-12-6-3-9-17(20)21)23-14-13-15-7-1-4-10-18(15)23;/h1-2,4-5,7-8,10-11,13-14,21H,3,6,9,12,22H2;1H. The maximum atomic E-state index is 6.64. The molecule has 0 amide bonds. The SMILES string of the molecule is Cl.NC1C2=C(CCCC2)N(n2ccc3ccccc32)c2ccccc21. The molecule has 1 unspecified atom stereocenters. The molecule has 2 N–H and O–H groups in total. The number of hydrogen-bond donors (Lipinski definition) is 1. The average Bonchev–Trinajstić information content (AvgIpc) is 3.06. The summed E-state index contributed by atoms with van der Waals surface area (Å²) in [4.78, 5) is 0. The summed E-state index contributed by atoms with van der Waals surface area (Å²) in [5, 5.41) is 3.66. The van der Waals surface area contributed by atoms with Crippen LogP contribution in [0.4, 0.5) is 5.69 Å². The summed E-state index contributed by atoms with van der Waals surface area (Å²) < 4.78 is 2.29. The molecule has 1 aliphatic heterocycles. The topological polar surface area (TPSA) is 34.2 Å². The number of rotatable bonds is 1. The van der Waals surface area contributed by atoms with Crippen molar-refractivity contribution in [3.05, 3.63) is 77.6 Å². The molecule has 25 heavy (non-hydrogen) atoms. The van der Waals surface area contributed by atoms with Crippen molar-refractivity contribution >= 4 is 29.0 Å². The van der Waals surface area contributed by atoms with Crippen molar-refractivity contribution < 1.29 is 0 Å². The van der Waals surface area contributed by atoms with E-state index in [9.17, 15) is 0 Å². The highest BCUT2D eigenvalue weighted by atomic mass is 35.5. The van der Waals surface area contributed by atoms with Crippen LogP contribution in [0.1, 0.15) is 37.3 Å². The Kier molecular flexibility index (Phi) is 4.06. The maximum absolute atomic E-state index is 6.64. The van der Waals surface area contributed by atoms with Gasteiger partial charge in [0.15, 0.2) is 0 Å². The normalized spacial score (nSPS) is 19.4. The van der Waals surface area contributed by atoms with Gasteiger partial charge in [0, 0.05) is 17.3 Å². The lowest BCUT2D eigenvalue weighted by Gasteiger charge is -2.41. The van der Waals surface area contributed by atoms with Crippen LogP contribution < -0.4 is 10.7 Å². The predicted octanol–water partition coefficient (Wildman–Crippen LogP) is 5.17. The third kappa shape index (κ3) is 2.38. The van der Waals surface area contributed by atoms with Crippen LogP contribution in [0.2, 0.25) is 0 Å². The first-order valence-corrected chi connectivity index (χ1v) is 8.77. The molecule has 3 nitrogen and oxygen atoms in total. The van der Waals surface area contributed by atoms with Crippen molar-refractivity contribution in [1.82, 2.24) is 4.68 Å². The van der Waals surface area contributed by atoms with Crippen molar-refractivity contribution in [2.75, 3.05) is 5.01 Å². The van der Waals surface area contributed by atoms with Gasteiger partial charge in [-0.3, -0.25) is 9.69 Å². The molecular formula is C21H22ClN3. The number of nitrogens with two attached hydrogens (primary N) is 1. The molecule has 0 saturated carbocycles. The van der Waals surface area contributed by atoms with Crippen molar-refractivity contribution in [1.29, 1.82) is 0 Å². The number of halogens is 1. The zero-order valence-electron chi connectivity index (χ0n) is 14.1. The Labute approximate surface area is 154 Å². The van der Waals surface area contributed by atoms with Gasteiger partial charge in [-0.2, -0.15) is 0 Å². The van der Waals surface area contributed by atoms with E-state index in [0.717, 1.165) is 12.8 Å². The van der Waals surface area contributed by atoms with Gasteiger partial charge in [-0.1, -0.05) is 36.4 Å². The lowest BCUT2D eigenvalue weighted by molar-refractivity contribution is 0.572. The van der Waals surface area contributed by atoms with Crippen LogP contribution in [-0.4, -0.2) is 4.68 Å². The monoisotopic (exact) mass is 351 g/mol. The number of allylic oxidation sites excluding steroid dienone is 1. The van der Waals surface area contributed by atoms with Crippen molar-refractivity contribution in [3.8, 4) is 0 Å². The molecule has 1 aliphatic carbocycles. The van der Waals surface area contributed by atoms with Crippen LogP contribution in [0.5, 0.6) is 0 Å². The lowest BCUT2D eigenvalue weighted by atomic mass is 9.84. The quantitative estimate of drug-likeness (QED) is 0.656. The molecule has 3 aromatic rings. The van der Waals surface area contributed by atoms with Crippen molar-refractivity contribution in [2.24, 2.45) is 5.73 Å². The molecule has 5 rings (SSSR count). The Hall–Kier alpha value is -2.23. The minimum absolute atomic E-state index is 0. The van der Waals surface area contributed by atoms with Gasteiger partial charge in [0.1, 0.15) is 0 Å². The van der Waals surface area contributed by atoms with E-state index in [4.69, 9.17) is 5.73 Å². The number of aromatic nitrogens is 1. The third-order valence-corrected chi connectivity index (χ3v) is 5.41. The van der Waals surface area contributed by atoms with Crippen LogP contribution in [0.3, 0.4) is 0 Å². The van der Waals surface area contributed by atoms with E-state index in [0.29, 0.717) is 0 Å². The average molecular weight is 352 g/mol.